The molecule has 6 nitrogen and oxygen atoms in total. The van der Waals surface area contributed by atoms with Gasteiger partial charge in [-0.3, -0.25) is 4.79 Å². The van der Waals surface area contributed by atoms with E-state index in [-0.39, 0.29) is 11.9 Å². The van der Waals surface area contributed by atoms with Crippen molar-refractivity contribution in [1.82, 2.24) is 10.3 Å². The lowest BCUT2D eigenvalue weighted by Crippen LogP contribution is -2.40. The molecule has 1 N–H and O–H groups in total. The zero-order valence-electron chi connectivity index (χ0n) is 18.3. The third-order valence-electron chi connectivity index (χ3n) is 6.78. The van der Waals surface area contributed by atoms with Gasteiger partial charge < -0.3 is 19.7 Å². The van der Waals surface area contributed by atoms with Crippen molar-refractivity contribution >= 4 is 29.0 Å². The fraction of sp³-hybridized carbons (Fsp3) is 0.520. The number of nitrogens with one attached hydrogen (secondary N) is 1. The van der Waals surface area contributed by atoms with Gasteiger partial charge in [0.2, 0.25) is 0 Å². The molecule has 1 amide bonds. The molecule has 0 saturated heterocycles. The molecule has 5 rings (SSSR count). The Morgan fingerprint density at radius 1 is 1.06 bits per heavy atom. The van der Waals surface area contributed by atoms with Gasteiger partial charge in [-0.05, 0) is 62.8 Å². The van der Waals surface area contributed by atoms with E-state index in [9.17, 15) is 4.79 Å². The first-order valence-corrected chi connectivity index (χ1v) is 12.2. The quantitative estimate of drug-likeness (QED) is 0.665. The number of carbonyl (C=O) groups excluding carboxylic acids is 1. The molecule has 2 aromatic rings. The van der Waals surface area contributed by atoms with E-state index in [1.807, 2.05) is 35.2 Å². The number of benzene rings is 1. The molecular weight excluding hydrogens is 426 g/mol. The number of para-hydroxylation sites is 1. The van der Waals surface area contributed by atoms with Crippen LogP contribution in [0.5, 0.6) is 5.75 Å². The van der Waals surface area contributed by atoms with Crippen LogP contribution in [0.2, 0.25) is 5.02 Å². The number of carbonyl (C=O) groups is 1. The molecule has 0 atom stereocenters. The summed E-state index contributed by atoms with van der Waals surface area (Å²) in [6, 6.07) is 9.46. The van der Waals surface area contributed by atoms with Crippen molar-refractivity contribution in [3.8, 4) is 5.75 Å². The zero-order chi connectivity index (χ0) is 21.9. The summed E-state index contributed by atoms with van der Waals surface area (Å²) < 4.78 is 12.2. The van der Waals surface area contributed by atoms with Gasteiger partial charge in [-0.2, -0.15) is 0 Å². The maximum Gasteiger partial charge on any atom is 0.255 e. The normalized spacial score (nSPS) is 23.5. The molecule has 0 bridgehead atoms. The molecule has 1 aromatic heterocycles. The van der Waals surface area contributed by atoms with Crippen LogP contribution in [0.25, 0.3) is 0 Å². The first-order chi connectivity index (χ1) is 15.7. The molecule has 32 heavy (non-hydrogen) atoms. The molecule has 0 radical (unpaired) electrons. The van der Waals surface area contributed by atoms with Gasteiger partial charge in [-0.15, -0.1) is 0 Å². The maximum atomic E-state index is 13.2. The van der Waals surface area contributed by atoms with E-state index in [4.69, 9.17) is 21.1 Å². The number of anilines is 2. The smallest absolute Gasteiger partial charge is 0.255 e. The lowest BCUT2D eigenvalue weighted by molar-refractivity contribution is -0.0294. The van der Waals surface area contributed by atoms with E-state index in [1.54, 1.807) is 6.20 Å². The van der Waals surface area contributed by atoms with Crippen LogP contribution in [0.4, 0.5) is 11.5 Å². The van der Waals surface area contributed by atoms with Gasteiger partial charge in [0.05, 0.1) is 35.0 Å². The molecule has 0 unspecified atom stereocenters. The first-order valence-electron chi connectivity index (χ1n) is 11.8. The van der Waals surface area contributed by atoms with Crippen molar-refractivity contribution in [2.75, 3.05) is 18.1 Å². The highest BCUT2D eigenvalue weighted by molar-refractivity contribution is 6.33. The fourth-order valence-corrected chi connectivity index (χ4v) is 5.35. The SMILES string of the molecule is O=C(N[C@H]1CC[C@H](OC2CCCC2)CC1)c1cccc2c1OCCN2c1ncccc1Cl. The Bertz CT molecular complexity index is 955. The van der Waals surface area contributed by atoms with Crippen LogP contribution in [0, 0.1) is 0 Å². The maximum absolute atomic E-state index is 13.2. The minimum absolute atomic E-state index is 0.0871. The average molecular weight is 456 g/mol. The Hall–Kier alpha value is -2.31. The van der Waals surface area contributed by atoms with E-state index in [0.717, 1.165) is 31.4 Å². The standard InChI is InChI=1S/C25H30ClN3O3/c26-21-8-4-14-27-24(21)29-15-16-31-23-20(7-3-9-22(23)29)25(30)28-17-10-12-19(13-11-17)32-18-5-1-2-6-18/h3-4,7-9,14,17-19H,1-2,5-6,10-13,15-16H2,(H,28,30)/t17-,19-. The number of halogens is 1. The van der Waals surface area contributed by atoms with E-state index in [0.29, 0.717) is 47.5 Å². The number of nitrogens with zero attached hydrogens (tertiary/aromatic N) is 2. The Morgan fingerprint density at radius 3 is 2.62 bits per heavy atom. The minimum atomic E-state index is -0.0871. The van der Waals surface area contributed by atoms with Crippen molar-refractivity contribution in [1.29, 1.82) is 0 Å². The summed E-state index contributed by atoms with van der Waals surface area (Å²) in [5.74, 6) is 1.18. The third kappa shape index (κ3) is 4.57. The van der Waals surface area contributed by atoms with Gasteiger partial charge in [0.1, 0.15) is 6.61 Å². The van der Waals surface area contributed by atoms with Crippen molar-refractivity contribution < 1.29 is 14.3 Å². The van der Waals surface area contributed by atoms with Crippen LogP contribution < -0.4 is 15.0 Å². The number of aromatic nitrogens is 1. The number of fused-ring (bicyclic) bond motifs is 1. The lowest BCUT2D eigenvalue weighted by Gasteiger charge is -2.33. The van der Waals surface area contributed by atoms with E-state index >= 15 is 0 Å². The van der Waals surface area contributed by atoms with Crippen molar-refractivity contribution in [2.45, 2.75) is 69.6 Å². The molecule has 2 saturated carbocycles. The van der Waals surface area contributed by atoms with Crippen LogP contribution in [0.15, 0.2) is 36.5 Å². The summed E-state index contributed by atoms with van der Waals surface area (Å²) in [4.78, 5) is 19.6. The number of pyridine rings is 1. The van der Waals surface area contributed by atoms with Gasteiger partial charge in [0.25, 0.3) is 5.91 Å². The number of amides is 1. The predicted molar refractivity (Wildman–Crippen MR) is 125 cm³/mol. The van der Waals surface area contributed by atoms with Crippen molar-refractivity contribution in [2.24, 2.45) is 0 Å². The van der Waals surface area contributed by atoms with Crippen LogP contribution in [-0.2, 0) is 4.74 Å². The van der Waals surface area contributed by atoms with Crippen LogP contribution in [-0.4, -0.2) is 42.3 Å². The summed E-state index contributed by atoms with van der Waals surface area (Å²) in [5, 5.41) is 3.81. The van der Waals surface area contributed by atoms with Gasteiger partial charge >= 0.3 is 0 Å². The van der Waals surface area contributed by atoms with Crippen molar-refractivity contribution in [3.63, 3.8) is 0 Å². The van der Waals surface area contributed by atoms with Gasteiger partial charge in [-0.25, -0.2) is 4.98 Å². The number of hydrogen-bond donors (Lipinski definition) is 1. The number of hydrogen-bond acceptors (Lipinski definition) is 5. The summed E-state index contributed by atoms with van der Waals surface area (Å²) in [6.07, 6.45) is 11.4. The Morgan fingerprint density at radius 2 is 1.84 bits per heavy atom. The topological polar surface area (TPSA) is 63.7 Å². The van der Waals surface area contributed by atoms with Crippen LogP contribution in [0.1, 0.15) is 61.7 Å². The summed E-state index contributed by atoms with van der Waals surface area (Å²) in [5.41, 5.74) is 1.38. The molecule has 7 heteroatoms. The van der Waals surface area contributed by atoms with Crippen LogP contribution >= 0.6 is 11.6 Å². The lowest BCUT2D eigenvalue weighted by atomic mass is 9.92. The zero-order valence-corrected chi connectivity index (χ0v) is 19.0. The second kappa shape index (κ2) is 9.67. The van der Waals surface area contributed by atoms with E-state index in [1.165, 1.54) is 25.7 Å². The molecule has 1 aliphatic heterocycles. The summed E-state index contributed by atoms with van der Waals surface area (Å²) in [6.45, 7) is 1.09. The average Bonchev–Trinajstić information content (AvgIpc) is 3.33. The number of ether oxygens (including phenoxy) is 2. The molecule has 2 heterocycles. The highest BCUT2D eigenvalue weighted by atomic mass is 35.5. The molecule has 170 valence electrons. The molecule has 2 fully saturated rings. The first kappa shape index (κ1) is 21.5. The summed E-state index contributed by atoms with van der Waals surface area (Å²) in [7, 11) is 0. The Balaban J connectivity index is 1.25. The second-order valence-electron chi connectivity index (χ2n) is 8.95. The predicted octanol–water partition coefficient (Wildman–Crippen LogP) is 5.27. The highest BCUT2D eigenvalue weighted by Crippen LogP contribution is 2.40. The largest absolute Gasteiger partial charge is 0.489 e. The van der Waals surface area contributed by atoms with E-state index in [2.05, 4.69) is 10.3 Å². The molecule has 3 aliphatic rings. The Kier molecular flexibility index (Phi) is 6.51. The third-order valence-corrected chi connectivity index (χ3v) is 7.08. The second-order valence-corrected chi connectivity index (χ2v) is 9.36. The van der Waals surface area contributed by atoms with Gasteiger partial charge in [0, 0.05) is 12.2 Å². The monoisotopic (exact) mass is 455 g/mol. The highest BCUT2D eigenvalue weighted by Gasteiger charge is 2.29. The molecule has 0 spiro atoms. The van der Waals surface area contributed by atoms with Crippen molar-refractivity contribution in [3.05, 3.63) is 47.1 Å². The fourth-order valence-electron chi connectivity index (χ4n) is 5.13. The Labute approximate surface area is 194 Å². The van der Waals surface area contributed by atoms with Gasteiger partial charge in [0.15, 0.2) is 11.6 Å². The molecule has 2 aliphatic carbocycles. The molecular formula is C25H30ClN3O3. The minimum Gasteiger partial charge on any atom is -0.489 e. The van der Waals surface area contributed by atoms with Crippen LogP contribution in [0.3, 0.4) is 0 Å². The van der Waals surface area contributed by atoms with E-state index < -0.39 is 0 Å². The molecule has 1 aromatic carbocycles. The number of rotatable bonds is 5. The summed E-state index contributed by atoms with van der Waals surface area (Å²) >= 11 is 6.39. The van der Waals surface area contributed by atoms with Gasteiger partial charge in [-0.1, -0.05) is 30.5 Å².